The fourth-order valence-corrected chi connectivity index (χ4v) is 9.65. The van der Waals surface area contributed by atoms with Gasteiger partial charge in [-0.15, -0.1) is 11.3 Å². The topological polar surface area (TPSA) is 16.4 Å². The third-order valence-corrected chi connectivity index (χ3v) is 12.3. The van der Waals surface area contributed by atoms with Crippen molar-refractivity contribution in [1.82, 2.24) is 0 Å². The minimum absolute atomic E-state index is 0.894. The molecule has 2 heterocycles. The Bertz CT molecular complexity index is 3200. The average molecular weight is 746 g/mol. The molecule has 0 unspecified atom stereocenters. The molecule has 0 radical (unpaired) electrons. The van der Waals surface area contributed by atoms with Gasteiger partial charge in [-0.05, 0) is 87.5 Å². The molecule has 268 valence electrons. The molecule has 2 aromatic heterocycles. The summed E-state index contributed by atoms with van der Waals surface area (Å²) in [7, 11) is 0. The van der Waals surface area contributed by atoms with Gasteiger partial charge in [0.15, 0.2) is 0 Å². The van der Waals surface area contributed by atoms with Crippen LogP contribution >= 0.6 is 11.3 Å². The van der Waals surface area contributed by atoms with Crippen molar-refractivity contribution >= 4 is 70.5 Å². The van der Waals surface area contributed by atoms with Gasteiger partial charge in [-0.3, -0.25) is 0 Å². The van der Waals surface area contributed by atoms with Gasteiger partial charge in [0.05, 0.1) is 10.4 Å². The zero-order valence-electron chi connectivity index (χ0n) is 31.0. The Kier molecular flexibility index (Phi) is 8.04. The van der Waals surface area contributed by atoms with Gasteiger partial charge in [0.25, 0.3) is 0 Å². The number of nitrogens with zero attached hydrogens (tertiary/aromatic N) is 1. The summed E-state index contributed by atoms with van der Waals surface area (Å²) >= 11 is 1.87. The number of rotatable bonds is 7. The van der Waals surface area contributed by atoms with E-state index in [9.17, 15) is 0 Å². The zero-order chi connectivity index (χ0) is 37.7. The lowest BCUT2D eigenvalue weighted by atomic mass is 9.94. The Morgan fingerprint density at radius 1 is 0.351 bits per heavy atom. The van der Waals surface area contributed by atoms with Crippen molar-refractivity contribution in [2.75, 3.05) is 4.90 Å². The number of anilines is 3. The van der Waals surface area contributed by atoms with Crippen molar-refractivity contribution in [2.24, 2.45) is 0 Å². The van der Waals surface area contributed by atoms with Crippen LogP contribution in [-0.4, -0.2) is 0 Å². The molecule has 11 rings (SSSR count). The van der Waals surface area contributed by atoms with E-state index in [2.05, 4.69) is 211 Å². The predicted molar refractivity (Wildman–Crippen MR) is 243 cm³/mol. The second-order valence-corrected chi connectivity index (χ2v) is 15.5. The highest BCUT2D eigenvalue weighted by atomic mass is 32.1. The maximum atomic E-state index is 6.62. The van der Waals surface area contributed by atoms with Gasteiger partial charge in [-0.25, -0.2) is 0 Å². The van der Waals surface area contributed by atoms with Gasteiger partial charge < -0.3 is 9.32 Å². The van der Waals surface area contributed by atoms with Gasteiger partial charge in [0.2, 0.25) is 0 Å². The third kappa shape index (κ3) is 5.71. The lowest BCUT2D eigenvalue weighted by molar-refractivity contribution is 0.670. The van der Waals surface area contributed by atoms with Crippen molar-refractivity contribution in [3.05, 3.63) is 212 Å². The van der Waals surface area contributed by atoms with Crippen LogP contribution in [0, 0.1) is 0 Å². The van der Waals surface area contributed by atoms with E-state index in [4.69, 9.17) is 4.42 Å². The van der Waals surface area contributed by atoms with Gasteiger partial charge >= 0.3 is 0 Å². The van der Waals surface area contributed by atoms with Crippen LogP contribution in [0.25, 0.3) is 86.6 Å². The van der Waals surface area contributed by atoms with E-state index < -0.39 is 0 Å². The van der Waals surface area contributed by atoms with Crippen molar-refractivity contribution in [3.8, 4) is 44.5 Å². The van der Waals surface area contributed by atoms with Crippen LogP contribution in [0.4, 0.5) is 17.1 Å². The molecule has 9 aromatic carbocycles. The molecule has 0 aliphatic carbocycles. The molecule has 57 heavy (non-hydrogen) atoms. The molecule has 0 saturated heterocycles. The summed E-state index contributed by atoms with van der Waals surface area (Å²) in [6, 6.07) is 76.2. The number of furan rings is 1. The molecule has 0 atom stereocenters. The first kappa shape index (κ1) is 33.2. The molecule has 11 aromatic rings. The average Bonchev–Trinajstić information content (AvgIpc) is 3.88. The lowest BCUT2D eigenvalue weighted by Crippen LogP contribution is -2.10. The first-order chi connectivity index (χ1) is 28.3. The van der Waals surface area contributed by atoms with Gasteiger partial charge in [0, 0.05) is 43.2 Å². The number of hydrogen-bond acceptors (Lipinski definition) is 3. The van der Waals surface area contributed by atoms with E-state index in [0.29, 0.717) is 0 Å². The minimum atomic E-state index is 0.894. The lowest BCUT2D eigenvalue weighted by Gasteiger charge is -2.27. The van der Waals surface area contributed by atoms with E-state index in [1.54, 1.807) is 0 Å². The summed E-state index contributed by atoms with van der Waals surface area (Å²) in [4.78, 5) is 2.42. The highest BCUT2D eigenvalue weighted by Gasteiger charge is 2.22. The van der Waals surface area contributed by atoms with Crippen LogP contribution in [0.1, 0.15) is 0 Å². The Morgan fingerprint density at radius 3 is 1.51 bits per heavy atom. The van der Waals surface area contributed by atoms with Crippen molar-refractivity contribution in [2.45, 2.75) is 0 Å². The van der Waals surface area contributed by atoms with E-state index in [-0.39, 0.29) is 0 Å². The van der Waals surface area contributed by atoms with Crippen LogP contribution in [0.15, 0.2) is 217 Å². The fraction of sp³-hybridized carbons (Fsp3) is 0. The number of fused-ring (bicyclic) bond motifs is 6. The number of benzene rings is 9. The van der Waals surface area contributed by atoms with Crippen molar-refractivity contribution < 1.29 is 4.42 Å². The summed E-state index contributed by atoms with van der Waals surface area (Å²) in [5, 5.41) is 4.82. The van der Waals surface area contributed by atoms with Crippen molar-refractivity contribution in [1.29, 1.82) is 0 Å². The molecule has 0 bridgehead atoms. The molecule has 0 fully saturated rings. The molecule has 0 aliphatic rings. The van der Waals surface area contributed by atoms with Crippen molar-refractivity contribution in [3.63, 3.8) is 0 Å². The zero-order valence-corrected chi connectivity index (χ0v) is 31.8. The van der Waals surface area contributed by atoms with Crippen LogP contribution in [-0.2, 0) is 0 Å². The first-order valence-electron chi connectivity index (χ1n) is 19.3. The summed E-state index contributed by atoms with van der Waals surface area (Å²) in [6.45, 7) is 0. The number of thiophene rings is 1. The maximum Gasteiger partial charge on any atom is 0.143 e. The molecular weight excluding hydrogens is 711 g/mol. The van der Waals surface area contributed by atoms with E-state index >= 15 is 0 Å². The highest BCUT2D eigenvalue weighted by molar-refractivity contribution is 7.26. The minimum Gasteiger partial charge on any atom is -0.455 e. The smallest absolute Gasteiger partial charge is 0.143 e. The van der Waals surface area contributed by atoms with Crippen LogP contribution in [0.5, 0.6) is 0 Å². The van der Waals surface area contributed by atoms with E-state index in [0.717, 1.165) is 61.3 Å². The monoisotopic (exact) mass is 745 g/mol. The summed E-state index contributed by atoms with van der Waals surface area (Å²) in [6.07, 6.45) is 0. The van der Waals surface area contributed by atoms with E-state index in [1.165, 1.54) is 42.4 Å². The standard InChI is InChI=1S/C54H35NOS/c1-4-14-36(15-5-1)37-24-28-41(29-25-37)55(48-35-34-44(38-16-6-2-7-17-38)52-47-21-11-13-23-50(47)57-54(48)52)42-30-26-40(27-31-42)43-32-33-45(39-18-8-3-9-19-39)53-51(43)46-20-10-12-22-49(46)56-53/h1-35H. The Labute approximate surface area is 335 Å². The summed E-state index contributed by atoms with van der Waals surface area (Å²) < 4.78 is 9.16. The number of para-hydroxylation sites is 1. The largest absolute Gasteiger partial charge is 0.455 e. The summed E-state index contributed by atoms with van der Waals surface area (Å²) in [5.41, 5.74) is 14.5. The van der Waals surface area contributed by atoms with Gasteiger partial charge in [-0.2, -0.15) is 0 Å². The second-order valence-electron chi connectivity index (χ2n) is 14.4. The quantitative estimate of drug-likeness (QED) is 0.162. The normalized spacial score (nSPS) is 11.5. The number of hydrogen-bond donors (Lipinski definition) is 0. The molecular formula is C54H35NOS. The van der Waals surface area contributed by atoms with Gasteiger partial charge in [-0.1, -0.05) is 164 Å². The molecule has 3 heteroatoms. The Balaban J connectivity index is 1.10. The second kappa shape index (κ2) is 13.8. The van der Waals surface area contributed by atoms with E-state index in [1.807, 2.05) is 17.4 Å². The molecule has 0 saturated carbocycles. The molecule has 0 aliphatic heterocycles. The molecule has 0 spiro atoms. The Morgan fingerprint density at radius 2 is 0.825 bits per heavy atom. The Hall–Kier alpha value is -7.20. The first-order valence-corrected chi connectivity index (χ1v) is 20.2. The van der Waals surface area contributed by atoms with Crippen LogP contribution in [0.3, 0.4) is 0 Å². The molecule has 0 N–H and O–H groups in total. The van der Waals surface area contributed by atoms with Crippen LogP contribution < -0.4 is 4.90 Å². The third-order valence-electron chi connectivity index (χ3n) is 11.1. The fourth-order valence-electron chi connectivity index (χ4n) is 8.41. The SMILES string of the molecule is c1ccc(-c2ccc(N(c3ccc(-c4ccc(-c5ccccc5)c5oc6ccccc6c45)cc3)c3ccc(-c4ccccc4)c4c3sc3ccccc34)cc2)cc1. The van der Waals surface area contributed by atoms with Gasteiger partial charge in [0.1, 0.15) is 11.2 Å². The van der Waals surface area contributed by atoms with Crippen LogP contribution in [0.2, 0.25) is 0 Å². The molecule has 2 nitrogen and oxygen atoms in total. The highest BCUT2D eigenvalue weighted by Crippen LogP contribution is 2.49. The maximum absolute atomic E-state index is 6.62. The predicted octanol–water partition coefficient (Wildman–Crippen LogP) is 16.1. The molecule has 0 amide bonds. The summed E-state index contributed by atoms with van der Waals surface area (Å²) in [5.74, 6) is 0.